The molecule has 0 spiro atoms. The first-order chi connectivity index (χ1) is 11.8. The molecule has 0 aliphatic heterocycles. The number of halogens is 1. The molecule has 4 aromatic carbocycles. The normalized spacial score (nSPS) is 11.5. The van der Waals surface area contributed by atoms with Crippen LogP contribution in [0.2, 0.25) is 5.02 Å². The van der Waals surface area contributed by atoms with Gasteiger partial charge < -0.3 is 0 Å². The zero-order valence-corrected chi connectivity index (χ0v) is 14.4. The zero-order valence-electron chi connectivity index (χ0n) is 12.8. The molecular formula is C22H13ClS. The first-order valence-electron chi connectivity index (χ1n) is 7.91. The Balaban J connectivity index is 2.07. The largest absolute Gasteiger partial charge is 0.133 e. The second-order valence-electron chi connectivity index (χ2n) is 5.93. The summed E-state index contributed by atoms with van der Waals surface area (Å²) in [6.07, 6.45) is 0. The highest BCUT2D eigenvalue weighted by Gasteiger charge is 2.15. The van der Waals surface area contributed by atoms with Gasteiger partial charge in [0.1, 0.15) is 0 Å². The molecule has 0 aliphatic carbocycles. The Morgan fingerprint density at radius 1 is 0.625 bits per heavy atom. The van der Waals surface area contributed by atoms with Gasteiger partial charge in [0.05, 0.1) is 9.72 Å². The third-order valence-corrected chi connectivity index (χ3v) is 6.22. The fourth-order valence-corrected chi connectivity index (χ4v) is 5.01. The van der Waals surface area contributed by atoms with Crippen molar-refractivity contribution in [2.45, 2.75) is 0 Å². The molecule has 0 atom stereocenters. The lowest BCUT2D eigenvalue weighted by molar-refractivity contribution is 1.69. The van der Waals surface area contributed by atoms with Crippen LogP contribution in [0.1, 0.15) is 0 Å². The molecule has 24 heavy (non-hydrogen) atoms. The molecule has 5 aromatic rings. The minimum atomic E-state index is 0.830. The smallest absolute Gasteiger partial charge is 0.0584 e. The van der Waals surface area contributed by atoms with Gasteiger partial charge in [-0.2, -0.15) is 0 Å². The van der Waals surface area contributed by atoms with E-state index in [9.17, 15) is 0 Å². The standard InChI is InChI=1S/C22H13ClS/c23-19-12-6-11-17-18-13-15-9-4-5-10-16(15)20(22(18)24-21(17)19)14-7-2-1-3-8-14/h1-13H. The summed E-state index contributed by atoms with van der Waals surface area (Å²) in [5, 5.41) is 5.92. The van der Waals surface area contributed by atoms with Gasteiger partial charge in [0.15, 0.2) is 0 Å². The van der Waals surface area contributed by atoms with Crippen LogP contribution in [-0.2, 0) is 0 Å². The maximum absolute atomic E-state index is 6.47. The highest BCUT2D eigenvalue weighted by Crippen LogP contribution is 2.45. The molecule has 0 fully saturated rings. The van der Waals surface area contributed by atoms with Crippen LogP contribution in [0.25, 0.3) is 42.1 Å². The molecule has 0 amide bonds. The summed E-state index contributed by atoms with van der Waals surface area (Å²) < 4.78 is 2.48. The van der Waals surface area contributed by atoms with Crippen LogP contribution in [0.15, 0.2) is 78.9 Å². The molecular weight excluding hydrogens is 332 g/mol. The van der Waals surface area contributed by atoms with E-state index in [1.54, 1.807) is 11.3 Å². The van der Waals surface area contributed by atoms with E-state index in [1.165, 1.54) is 42.1 Å². The van der Waals surface area contributed by atoms with E-state index in [0.29, 0.717) is 0 Å². The number of rotatable bonds is 1. The Morgan fingerprint density at radius 3 is 2.25 bits per heavy atom. The fraction of sp³-hybridized carbons (Fsp3) is 0. The van der Waals surface area contributed by atoms with Crippen molar-refractivity contribution in [1.82, 2.24) is 0 Å². The maximum Gasteiger partial charge on any atom is 0.0584 e. The van der Waals surface area contributed by atoms with E-state index in [0.717, 1.165) is 5.02 Å². The summed E-state index contributed by atoms with van der Waals surface area (Å²) in [4.78, 5) is 0. The van der Waals surface area contributed by atoms with Crippen molar-refractivity contribution < 1.29 is 0 Å². The van der Waals surface area contributed by atoms with Crippen LogP contribution in [0.3, 0.4) is 0 Å². The molecule has 0 nitrogen and oxygen atoms in total. The molecule has 0 radical (unpaired) electrons. The van der Waals surface area contributed by atoms with E-state index in [-0.39, 0.29) is 0 Å². The SMILES string of the molecule is Clc1cccc2c1sc1c(-c3ccccc3)c3ccccc3cc12. The average molecular weight is 345 g/mol. The Morgan fingerprint density at radius 2 is 1.38 bits per heavy atom. The summed E-state index contributed by atoms with van der Waals surface area (Å²) in [7, 11) is 0. The van der Waals surface area contributed by atoms with Crippen LogP contribution >= 0.6 is 22.9 Å². The van der Waals surface area contributed by atoms with Crippen molar-refractivity contribution in [3.8, 4) is 11.1 Å². The molecule has 0 saturated heterocycles. The van der Waals surface area contributed by atoms with Crippen LogP contribution < -0.4 is 0 Å². The molecule has 5 rings (SSSR count). The highest BCUT2D eigenvalue weighted by atomic mass is 35.5. The topological polar surface area (TPSA) is 0 Å². The molecule has 114 valence electrons. The summed E-state index contributed by atoms with van der Waals surface area (Å²) in [6, 6.07) is 27.7. The summed E-state index contributed by atoms with van der Waals surface area (Å²) in [5.41, 5.74) is 2.56. The van der Waals surface area contributed by atoms with Gasteiger partial charge in [-0.25, -0.2) is 0 Å². The summed E-state index contributed by atoms with van der Waals surface area (Å²) in [5.74, 6) is 0. The molecule has 1 aromatic heterocycles. The van der Waals surface area contributed by atoms with Gasteiger partial charge >= 0.3 is 0 Å². The second kappa shape index (κ2) is 5.34. The number of benzene rings is 4. The van der Waals surface area contributed by atoms with E-state index in [2.05, 4.69) is 66.7 Å². The van der Waals surface area contributed by atoms with Gasteiger partial charge in [-0.15, -0.1) is 11.3 Å². The molecule has 2 heteroatoms. The van der Waals surface area contributed by atoms with Gasteiger partial charge in [0.25, 0.3) is 0 Å². The lowest BCUT2D eigenvalue weighted by atomic mass is 9.95. The molecule has 1 heterocycles. The van der Waals surface area contributed by atoms with Crippen molar-refractivity contribution in [2.24, 2.45) is 0 Å². The maximum atomic E-state index is 6.47. The minimum absolute atomic E-state index is 0.830. The lowest BCUT2D eigenvalue weighted by Gasteiger charge is -2.09. The molecule has 0 saturated carbocycles. The Labute approximate surface area is 148 Å². The van der Waals surface area contributed by atoms with Gasteiger partial charge in [-0.05, 0) is 28.5 Å². The predicted octanol–water partition coefficient (Wildman–Crippen LogP) is 7.53. The summed E-state index contributed by atoms with van der Waals surface area (Å²) >= 11 is 8.26. The molecule has 0 unspecified atom stereocenters. The van der Waals surface area contributed by atoms with Crippen molar-refractivity contribution in [1.29, 1.82) is 0 Å². The van der Waals surface area contributed by atoms with Gasteiger partial charge in [-0.1, -0.05) is 78.3 Å². The first-order valence-corrected chi connectivity index (χ1v) is 9.10. The van der Waals surface area contributed by atoms with Crippen LogP contribution in [0.5, 0.6) is 0 Å². The fourth-order valence-electron chi connectivity index (χ4n) is 3.45. The monoisotopic (exact) mass is 344 g/mol. The van der Waals surface area contributed by atoms with E-state index >= 15 is 0 Å². The Bertz CT molecular complexity index is 1200. The van der Waals surface area contributed by atoms with Crippen molar-refractivity contribution in [3.05, 3.63) is 83.9 Å². The van der Waals surface area contributed by atoms with Crippen LogP contribution in [0.4, 0.5) is 0 Å². The first kappa shape index (κ1) is 14.0. The van der Waals surface area contributed by atoms with E-state index in [4.69, 9.17) is 11.6 Å². The number of fused-ring (bicyclic) bond motifs is 4. The summed E-state index contributed by atoms with van der Waals surface area (Å²) in [6.45, 7) is 0. The number of thiophene rings is 1. The molecule has 0 bridgehead atoms. The van der Waals surface area contributed by atoms with E-state index in [1.807, 2.05) is 12.1 Å². The third-order valence-electron chi connectivity index (χ3n) is 4.53. The van der Waals surface area contributed by atoms with Crippen molar-refractivity contribution in [2.75, 3.05) is 0 Å². The number of hydrogen-bond acceptors (Lipinski definition) is 1. The van der Waals surface area contributed by atoms with Gasteiger partial charge in [0, 0.05) is 21.0 Å². The van der Waals surface area contributed by atoms with Crippen molar-refractivity contribution in [3.63, 3.8) is 0 Å². The molecule has 0 N–H and O–H groups in total. The Kier molecular flexibility index (Phi) is 3.12. The van der Waals surface area contributed by atoms with E-state index < -0.39 is 0 Å². The Hall–Kier alpha value is -2.35. The van der Waals surface area contributed by atoms with Gasteiger partial charge in [-0.3, -0.25) is 0 Å². The van der Waals surface area contributed by atoms with Crippen LogP contribution in [-0.4, -0.2) is 0 Å². The third kappa shape index (κ3) is 1.99. The predicted molar refractivity (Wildman–Crippen MR) is 107 cm³/mol. The highest BCUT2D eigenvalue weighted by molar-refractivity contribution is 7.27. The average Bonchev–Trinajstić information content (AvgIpc) is 3.00. The molecule has 0 aliphatic rings. The number of hydrogen-bond donors (Lipinski definition) is 0. The van der Waals surface area contributed by atoms with Crippen LogP contribution in [0, 0.1) is 0 Å². The minimum Gasteiger partial charge on any atom is -0.133 e. The zero-order chi connectivity index (χ0) is 16.1. The second-order valence-corrected chi connectivity index (χ2v) is 7.36. The van der Waals surface area contributed by atoms with Gasteiger partial charge in [0.2, 0.25) is 0 Å². The quantitative estimate of drug-likeness (QED) is 0.295. The lowest BCUT2D eigenvalue weighted by Crippen LogP contribution is -1.82. The van der Waals surface area contributed by atoms with Crippen molar-refractivity contribution >= 4 is 53.9 Å².